The maximum absolute atomic E-state index is 11.8. The summed E-state index contributed by atoms with van der Waals surface area (Å²) in [4.78, 5) is 26.4. The van der Waals surface area contributed by atoms with Crippen molar-refractivity contribution in [2.24, 2.45) is 11.5 Å². The van der Waals surface area contributed by atoms with Gasteiger partial charge in [-0.15, -0.1) is 0 Å². The predicted molar refractivity (Wildman–Crippen MR) is 62.9 cm³/mol. The smallest absolute Gasteiger partial charge is 0.251 e. The van der Waals surface area contributed by atoms with Gasteiger partial charge in [0.15, 0.2) is 0 Å². The van der Waals surface area contributed by atoms with Crippen LogP contribution in [0.2, 0.25) is 0 Å². The maximum Gasteiger partial charge on any atom is 0.251 e. The summed E-state index contributed by atoms with van der Waals surface area (Å²) >= 11 is 0. The van der Waals surface area contributed by atoms with Gasteiger partial charge in [-0.05, 0) is 19.1 Å². The zero-order valence-electron chi connectivity index (χ0n) is 9.64. The first-order valence-electron chi connectivity index (χ1n) is 5.27. The van der Waals surface area contributed by atoms with Crippen molar-refractivity contribution in [1.29, 1.82) is 0 Å². The van der Waals surface area contributed by atoms with Crippen LogP contribution in [0.15, 0.2) is 18.3 Å². The van der Waals surface area contributed by atoms with Gasteiger partial charge in [0.05, 0.1) is 5.69 Å². The van der Waals surface area contributed by atoms with Gasteiger partial charge in [0, 0.05) is 30.8 Å². The molecule has 0 aromatic carbocycles. The molecule has 0 fully saturated rings. The van der Waals surface area contributed by atoms with Crippen molar-refractivity contribution in [2.45, 2.75) is 25.9 Å². The highest BCUT2D eigenvalue weighted by atomic mass is 16.2. The highest BCUT2D eigenvalue weighted by Gasteiger charge is 2.11. The number of primary amides is 1. The topological polar surface area (TPSA) is 111 Å². The lowest BCUT2D eigenvalue weighted by atomic mass is 10.1. The zero-order chi connectivity index (χ0) is 12.8. The minimum Gasteiger partial charge on any atom is -0.370 e. The summed E-state index contributed by atoms with van der Waals surface area (Å²) in [6.45, 7) is 1.99. The first-order valence-corrected chi connectivity index (χ1v) is 5.27. The Balaban J connectivity index is 2.66. The molecule has 6 nitrogen and oxygen atoms in total. The lowest BCUT2D eigenvalue weighted by Gasteiger charge is -2.12. The molecule has 0 aliphatic carbocycles. The third-order valence-electron chi connectivity index (χ3n) is 2.17. The second kappa shape index (κ2) is 5.95. The molecule has 0 saturated carbocycles. The number of pyridine rings is 1. The molecule has 92 valence electrons. The summed E-state index contributed by atoms with van der Waals surface area (Å²) in [6.07, 6.45) is 1.64. The van der Waals surface area contributed by atoms with Crippen LogP contribution in [-0.4, -0.2) is 22.8 Å². The number of carbonyl (C=O) groups excluding carboxylic acids is 2. The molecule has 0 aliphatic rings. The first-order chi connectivity index (χ1) is 8.02. The van der Waals surface area contributed by atoms with E-state index in [0.29, 0.717) is 11.3 Å². The van der Waals surface area contributed by atoms with Gasteiger partial charge in [0.25, 0.3) is 5.91 Å². The van der Waals surface area contributed by atoms with Crippen molar-refractivity contribution in [3.8, 4) is 0 Å². The third kappa shape index (κ3) is 4.20. The lowest BCUT2D eigenvalue weighted by molar-refractivity contribution is -0.118. The van der Waals surface area contributed by atoms with E-state index in [1.165, 1.54) is 6.20 Å². The van der Waals surface area contributed by atoms with E-state index in [2.05, 4.69) is 10.3 Å². The van der Waals surface area contributed by atoms with Crippen LogP contribution in [0.5, 0.6) is 0 Å². The standard InChI is InChI=1S/C11H16N4O2/c1-7(4-10(13)16)15-11(17)8-2-3-14-9(5-8)6-12/h2-3,5,7H,4,6,12H2,1H3,(H2,13,16)(H,15,17). The van der Waals surface area contributed by atoms with E-state index in [1.807, 2.05) is 0 Å². The van der Waals surface area contributed by atoms with E-state index < -0.39 is 5.91 Å². The van der Waals surface area contributed by atoms with Crippen LogP contribution in [0, 0.1) is 0 Å². The van der Waals surface area contributed by atoms with Crippen molar-refractivity contribution < 1.29 is 9.59 Å². The van der Waals surface area contributed by atoms with Gasteiger partial charge in [0.2, 0.25) is 5.91 Å². The number of hydrogen-bond acceptors (Lipinski definition) is 4. The fourth-order valence-electron chi connectivity index (χ4n) is 1.39. The number of nitrogens with two attached hydrogens (primary N) is 2. The molecule has 1 rings (SSSR count). The average Bonchev–Trinajstić information content (AvgIpc) is 2.27. The molecule has 5 N–H and O–H groups in total. The molecule has 1 heterocycles. The van der Waals surface area contributed by atoms with Gasteiger partial charge >= 0.3 is 0 Å². The monoisotopic (exact) mass is 236 g/mol. The first kappa shape index (κ1) is 13.1. The Hall–Kier alpha value is -1.95. The van der Waals surface area contributed by atoms with Crippen LogP contribution >= 0.6 is 0 Å². The molecule has 0 bridgehead atoms. The van der Waals surface area contributed by atoms with E-state index in [1.54, 1.807) is 19.1 Å². The highest BCUT2D eigenvalue weighted by molar-refractivity contribution is 5.94. The van der Waals surface area contributed by atoms with Crippen LogP contribution in [-0.2, 0) is 11.3 Å². The minimum absolute atomic E-state index is 0.112. The molecule has 1 aromatic heterocycles. The normalized spacial score (nSPS) is 11.9. The van der Waals surface area contributed by atoms with E-state index in [4.69, 9.17) is 11.5 Å². The van der Waals surface area contributed by atoms with Crippen molar-refractivity contribution in [3.63, 3.8) is 0 Å². The predicted octanol–water partition coefficient (Wildman–Crippen LogP) is -0.466. The van der Waals surface area contributed by atoms with Gasteiger partial charge in [-0.1, -0.05) is 0 Å². The highest BCUT2D eigenvalue weighted by Crippen LogP contribution is 2.02. The van der Waals surface area contributed by atoms with Crippen LogP contribution in [0.4, 0.5) is 0 Å². The largest absolute Gasteiger partial charge is 0.370 e. The van der Waals surface area contributed by atoms with E-state index in [9.17, 15) is 9.59 Å². The molecule has 1 aromatic rings. The fourth-order valence-corrected chi connectivity index (χ4v) is 1.39. The Morgan fingerprint density at radius 3 is 2.82 bits per heavy atom. The van der Waals surface area contributed by atoms with Crippen LogP contribution in [0.1, 0.15) is 29.4 Å². The second-order valence-electron chi connectivity index (χ2n) is 3.78. The second-order valence-corrected chi connectivity index (χ2v) is 3.78. The van der Waals surface area contributed by atoms with Gasteiger partial charge in [-0.2, -0.15) is 0 Å². The molecule has 0 aliphatic heterocycles. The summed E-state index contributed by atoms with van der Waals surface area (Å²) in [7, 11) is 0. The number of nitrogens with zero attached hydrogens (tertiary/aromatic N) is 1. The molecule has 0 radical (unpaired) electrons. The van der Waals surface area contributed by atoms with Crippen LogP contribution < -0.4 is 16.8 Å². The molecule has 17 heavy (non-hydrogen) atoms. The summed E-state index contributed by atoms with van der Waals surface area (Å²) in [6, 6.07) is 2.91. The van der Waals surface area contributed by atoms with Crippen LogP contribution in [0.25, 0.3) is 0 Å². The van der Waals surface area contributed by atoms with E-state index in [0.717, 1.165) is 0 Å². The van der Waals surface area contributed by atoms with Gasteiger partial charge in [-0.25, -0.2) is 0 Å². The Bertz CT molecular complexity index is 420. The Kier molecular flexibility index (Phi) is 4.59. The van der Waals surface area contributed by atoms with Gasteiger partial charge in [0.1, 0.15) is 0 Å². The molecular formula is C11H16N4O2. The molecule has 0 spiro atoms. The number of carbonyl (C=O) groups is 2. The molecule has 2 amide bonds. The van der Waals surface area contributed by atoms with Crippen molar-refractivity contribution in [2.75, 3.05) is 0 Å². The molecule has 0 saturated heterocycles. The average molecular weight is 236 g/mol. The van der Waals surface area contributed by atoms with E-state index in [-0.39, 0.29) is 24.9 Å². The van der Waals surface area contributed by atoms with E-state index >= 15 is 0 Å². The maximum atomic E-state index is 11.8. The summed E-state index contributed by atoms with van der Waals surface area (Å²) < 4.78 is 0. The summed E-state index contributed by atoms with van der Waals surface area (Å²) in [5, 5.41) is 2.67. The number of rotatable bonds is 5. The van der Waals surface area contributed by atoms with Crippen molar-refractivity contribution in [1.82, 2.24) is 10.3 Å². The molecular weight excluding hydrogens is 220 g/mol. The SMILES string of the molecule is CC(CC(N)=O)NC(=O)c1ccnc(CN)c1. The Morgan fingerprint density at radius 1 is 1.53 bits per heavy atom. The summed E-state index contributed by atoms with van der Waals surface area (Å²) in [5.74, 6) is -0.717. The van der Waals surface area contributed by atoms with Crippen LogP contribution in [0.3, 0.4) is 0 Å². The number of hydrogen-bond donors (Lipinski definition) is 3. The quantitative estimate of drug-likeness (QED) is 0.642. The third-order valence-corrected chi connectivity index (χ3v) is 2.17. The Labute approximate surface area is 99.4 Å². The van der Waals surface area contributed by atoms with Crippen molar-refractivity contribution in [3.05, 3.63) is 29.6 Å². The van der Waals surface area contributed by atoms with Gasteiger partial charge < -0.3 is 16.8 Å². The lowest BCUT2D eigenvalue weighted by Crippen LogP contribution is -2.35. The Morgan fingerprint density at radius 2 is 2.24 bits per heavy atom. The zero-order valence-corrected chi connectivity index (χ0v) is 9.64. The molecule has 1 atom stereocenters. The minimum atomic E-state index is -0.449. The fraction of sp³-hybridized carbons (Fsp3) is 0.364. The van der Waals surface area contributed by atoms with Gasteiger partial charge in [-0.3, -0.25) is 14.6 Å². The molecule has 6 heteroatoms. The number of nitrogens with one attached hydrogen (secondary N) is 1. The van der Waals surface area contributed by atoms with Crippen molar-refractivity contribution >= 4 is 11.8 Å². The summed E-state index contributed by atoms with van der Waals surface area (Å²) in [5.41, 5.74) is 11.6. The number of amides is 2. The number of aromatic nitrogens is 1. The molecule has 1 unspecified atom stereocenters.